The summed E-state index contributed by atoms with van der Waals surface area (Å²) in [5, 5.41) is 0. The molecule has 1 fully saturated rings. The van der Waals surface area contributed by atoms with Crippen molar-refractivity contribution in [1.82, 2.24) is 4.90 Å². The van der Waals surface area contributed by atoms with E-state index in [1.54, 1.807) is 11.0 Å². The smallest absolute Gasteiger partial charge is 0.339 e. The maximum absolute atomic E-state index is 12.4. The molecule has 1 saturated heterocycles. The summed E-state index contributed by atoms with van der Waals surface area (Å²) in [6.45, 7) is 4.77. The summed E-state index contributed by atoms with van der Waals surface area (Å²) >= 11 is 0. The molecule has 1 aromatic carbocycles. The van der Waals surface area contributed by atoms with Gasteiger partial charge in [0.1, 0.15) is 0 Å². The molecule has 0 aliphatic carbocycles. The first-order valence-corrected chi connectivity index (χ1v) is 6.67. The summed E-state index contributed by atoms with van der Waals surface area (Å²) in [6, 6.07) is 5.03. The summed E-state index contributed by atoms with van der Waals surface area (Å²) < 4.78 is 37.3. The number of hydrogen-bond donors (Lipinski definition) is 0. The Kier molecular flexibility index (Phi) is 4.50. The number of likely N-dealkylation sites (tertiary alicyclic amines) is 1. The summed E-state index contributed by atoms with van der Waals surface area (Å²) in [6.07, 6.45) is 1.59. The van der Waals surface area contributed by atoms with Crippen molar-refractivity contribution in [3.63, 3.8) is 0 Å². The first-order chi connectivity index (χ1) is 9.90. The van der Waals surface area contributed by atoms with E-state index in [0.29, 0.717) is 13.1 Å². The van der Waals surface area contributed by atoms with Gasteiger partial charge in [0.25, 0.3) is 0 Å². The van der Waals surface area contributed by atoms with E-state index in [4.69, 9.17) is 0 Å². The molecule has 1 aliphatic heterocycles. The normalized spacial score (nSPS) is 19.2. The van der Waals surface area contributed by atoms with Crippen molar-refractivity contribution in [1.29, 1.82) is 0 Å². The highest BCUT2D eigenvalue weighted by Crippen LogP contribution is 2.29. The van der Waals surface area contributed by atoms with Crippen molar-refractivity contribution in [2.75, 3.05) is 13.1 Å². The van der Waals surface area contributed by atoms with Crippen molar-refractivity contribution in [3.8, 4) is 0 Å². The summed E-state index contributed by atoms with van der Waals surface area (Å²) in [4.78, 5) is 13.2. The van der Waals surface area contributed by atoms with Crippen LogP contribution in [0.1, 0.15) is 17.5 Å². The number of benzene rings is 1. The molecule has 1 heterocycles. The van der Waals surface area contributed by atoms with Crippen molar-refractivity contribution in [2.45, 2.75) is 12.6 Å². The molecule has 0 unspecified atom stereocenters. The zero-order valence-electron chi connectivity index (χ0n) is 11.4. The molecule has 0 N–H and O–H groups in total. The summed E-state index contributed by atoms with van der Waals surface area (Å²) in [7, 11) is 0. The standard InChI is InChI=1S/C16H16F3NO/c1-2-15(21)20-10-9-13(11-20)4-3-12-5-7-14(8-6-12)16(17,18)19/h2-8,13H,1,9-11H2/b4-3-/t13-/m0/s1. The van der Waals surface area contributed by atoms with Crippen LogP contribution >= 0.6 is 0 Å². The van der Waals surface area contributed by atoms with E-state index < -0.39 is 11.7 Å². The molecule has 0 saturated carbocycles. The Balaban J connectivity index is 1.96. The van der Waals surface area contributed by atoms with E-state index >= 15 is 0 Å². The highest BCUT2D eigenvalue weighted by molar-refractivity contribution is 5.87. The van der Waals surface area contributed by atoms with Crippen LogP contribution in [0.5, 0.6) is 0 Å². The van der Waals surface area contributed by atoms with Gasteiger partial charge in [0.15, 0.2) is 0 Å². The Bertz CT molecular complexity index is 546. The number of carbonyl (C=O) groups excluding carboxylic acids is 1. The second-order valence-corrected chi connectivity index (χ2v) is 5.02. The lowest BCUT2D eigenvalue weighted by molar-refractivity contribution is -0.137. The third kappa shape index (κ3) is 3.97. The Morgan fingerprint density at radius 1 is 1.29 bits per heavy atom. The van der Waals surface area contributed by atoms with Crippen LogP contribution in [0.2, 0.25) is 0 Å². The number of alkyl halides is 3. The lowest BCUT2D eigenvalue weighted by Crippen LogP contribution is -2.26. The van der Waals surface area contributed by atoms with Crippen LogP contribution in [-0.2, 0) is 11.0 Å². The number of rotatable bonds is 3. The molecule has 1 aromatic rings. The monoisotopic (exact) mass is 295 g/mol. The SMILES string of the molecule is C=CC(=O)N1CC[C@H](/C=C\c2ccc(C(F)(F)F)cc2)C1. The first kappa shape index (κ1) is 15.4. The van der Waals surface area contributed by atoms with Crippen LogP contribution in [0.4, 0.5) is 13.2 Å². The molecule has 112 valence electrons. The van der Waals surface area contributed by atoms with E-state index in [1.165, 1.54) is 18.2 Å². The molecular weight excluding hydrogens is 279 g/mol. The van der Waals surface area contributed by atoms with Crippen LogP contribution in [0.25, 0.3) is 6.08 Å². The van der Waals surface area contributed by atoms with Gasteiger partial charge in [0.05, 0.1) is 5.56 Å². The fraction of sp³-hybridized carbons (Fsp3) is 0.312. The maximum atomic E-state index is 12.4. The molecule has 0 bridgehead atoms. The molecule has 21 heavy (non-hydrogen) atoms. The molecule has 0 spiro atoms. The molecule has 0 radical (unpaired) electrons. The highest BCUT2D eigenvalue weighted by Gasteiger charge is 2.29. The lowest BCUT2D eigenvalue weighted by atomic mass is 10.1. The quantitative estimate of drug-likeness (QED) is 0.778. The number of halogens is 3. The zero-order valence-corrected chi connectivity index (χ0v) is 11.4. The van der Waals surface area contributed by atoms with Gasteiger partial charge >= 0.3 is 6.18 Å². The molecule has 1 atom stereocenters. The number of amides is 1. The van der Waals surface area contributed by atoms with Crippen LogP contribution in [-0.4, -0.2) is 23.9 Å². The van der Waals surface area contributed by atoms with Crippen molar-refractivity contribution in [2.24, 2.45) is 5.92 Å². The number of carbonyl (C=O) groups is 1. The molecule has 2 nitrogen and oxygen atoms in total. The average molecular weight is 295 g/mol. The third-order valence-electron chi connectivity index (χ3n) is 3.51. The van der Waals surface area contributed by atoms with Gasteiger partial charge < -0.3 is 4.90 Å². The van der Waals surface area contributed by atoms with Crippen molar-refractivity contribution >= 4 is 12.0 Å². The molecule has 0 aromatic heterocycles. The van der Waals surface area contributed by atoms with Gasteiger partial charge in [-0.25, -0.2) is 0 Å². The molecule has 5 heteroatoms. The largest absolute Gasteiger partial charge is 0.416 e. The Morgan fingerprint density at radius 3 is 2.52 bits per heavy atom. The van der Waals surface area contributed by atoms with Gasteiger partial charge in [-0.15, -0.1) is 0 Å². The van der Waals surface area contributed by atoms with Crippen LogP contribution in [0.15, 0.2) is 43.0 Å². The van der Waals surface area contributed by atoms with E-state index in [9.17, 15) is 18.0 Å². The van der Waals surface area contributed by atoms with E-state index in [1.807, 2.05) is 6.08 Å². The minimum Gasteiger partial charge on any atom is -0.339 e. The maximum Gasteiger partial charge on any atom is 0.416 e. The van der Waals surface area contributed by atoms with Gasteiger partial charge in [-0.1, -0.05) is 30.9 Å². The second-order valence-electron chi connectivity index (χ2n) is 5.02. The fourth-order valence-electron chi connectivity index (χ4n) is 2.30. The Hall–Kier alpha value is -2.04. The third-order valence-corrected chi connectivity index (χ3v) is 3.51. The molecule has 1 amide bonds. The van der Waals surface area contributed by atoms with Gasteiger partial charge in [-0.05, 0) is 36.1 Å². The predicted molar refractivity (Wildman–Crippen MR) is 75.4 cm³/mol. The van der Waals surface area contributed by atoms with E-state index in [-0.39, 0.29) is 11.8 Å². The van der Waals surface area contributed by atoms with E-state index in [0.717, 1.165) is 24.1 Å². The average Bonchev–Trinajstić information content (AvgIpc) is 2.92. The van der Waals surface area contributed by atoms with Crippen LogP contribution < -0.4 is 0 Å². The summed E-state index contributed by atoms with van der Waals surface area (Å²) in [5.74, 6) is 0.150. The summed E-state index contributed by atoms with van der Waals surface area (Å²) in [5.41, 5.74) is 0.0692. The number of hydrogen-bond acceptors (Lipinski definition) is 1. The molecule has 2 rings (SSSR count). The van der Waals surface area contributed by atoms with Crippen molar-refractivity contribution < 1.29 is 18.0 Å². The predicted octanol–water partition coefficient (Wildman–Crippen LogP) is 3.75. The van der Waals surface area contributed by atoms with Crippen LogP contribution in [0, 0.1) is 5.92 Å². The zero-order chi connectivity index (χ0) is 15.5. The highest BCUT2D eigenvalue weighted by atomic mass is 19.4. The van der Waals surface area contributed by atoms with Gasteiger partial charge in [0, 0.05) is 13.1 Å². The Morgan fingerprint density at radius 2 is 1.95 bits per heavy atom. The topological polar surface area (TPSA) is 20.3 Å². The first-order valence-electron chi connectivity index (χ1n) is 6.67. The number of nitrogens with zero attached hydrogens (tertiary/aromatic N) is 1. The minimum absolute atomic E-state index is 0.0829. The minimum atomic E-state index is -4.31. The van der Waals surface area contributed by atoms with Crippen LogP contribution in [0.3, 0.4) is 0 Å². The molecular formula is C16H16F3NO. The molecule has 1 aliphatic rings. The van der Waals surface area contributed by atoms with Gasteiger partial charge in [-0.3, -0.25) is 4.79 Å². The van der Waals surface area contributed by atoms with E-state index in [2.05, 4.69) is 6.58 Å². The van der Waals surface area contributed by atoms with Crippen molar-refractivity contribution in [3.05, 3.63) is 54.1 Å². The van der Waals surface area contributed by atoms with Gasteiger partial charge in [-0.2, -0.15) is 13.2 Å². The lowest BCUT2D eigenvalue weighted by Gasteiger charge is -2.12. The Labute approximate surface area is 121 Å². The van der Waals surface area contributed by atoms with Gasteiger partial charge in [0.2, 0.25) is 5.91 Å². The fourth-order valence-corrected chi connectivity index (χ4v) is 2.30. The second kappa shape index (κ2) is 6.16.